The molecular weight excluding hydrogens is 275 g/mol. The molecule has 0 saturated carbocycles. The van der Waals surface area contributed by atoms with Crippen molar-refractivity contribution in [2.75, 3.05) is 0 Å². The summed E-state index contributed by atoms with van der Waals surface area (Å²) in [6.45, 7) is 3.70. The van der Waals surface area contributed by atoms with Gasteiger partial charge in [-0.05, 0) is 31.0 Å². The van der Waals surface area contributed by atoms with Crippen molar-refractivity contribution in [3.63, 3.8) is 0 Å². The summed E-state index contributed by atoms with van der Waals surface area (Å²) in [4.78, 5) is 0. The summed E-state index contributed by atoms with van der Waals surface area (Å²) in [7, 11) is 0. The fourth-order valence-electron chi connectivity index (χ4n) is 2.44. The van der Waals surface area contributed by atoms with E-state index in [4.69, 9.17) is 0 Å². The molecule has 0 fully saturated rings. The molecule has 2 atom stereocenters. The zero-order valence-electron chi connectivity index (χ0n) is 12.0. The van der Waals surface area contributed by atoms with E-state index in [1.807, 2.05) is 37.3 Å². The van der Waals surface area contributed by atoms with Gasteiger partial charge in [0.1, 0.15) is 0 Å². The van der Waals surface area contributed by atoms with Gasteiger partial charge < -0.3 is 5.32 Å². The number of alkyl halides is 3. The lowest BCUT2D eigenvalue weighted by Gasteiger charge is -2.23. The predicted octanol–water partition coefficient (Wildman–Crippen LogP) is 5.12. The van der Waals surface area contributed by atoms with Gasteiger partial charge in [-0.1, -0.05) is 48.5 Å². The Bertz CT molecular complexity index is 578. The van der Waals surface area contributed by atoms with Crippen LogP contribution in [0, 0.1) is 0 Å². The lowest BCUT2D eigenvalue weighted by atomic mass is 9.99. The summed E-state index contributed by atoms with van der Waals surface area (Å²) in [5.41, 5.74) is 0.742. The third-order valence-corrected chi connectivity index (χ3v) is 3.53. The van der Waals surface area contributed by atoms with Crippen molar-refractivity contribution < 1.29 is 13.2 Å². The first kappa shape index (κ1) is 15.6. The molecule has 1 nitrogen and oxygen atoms in total. The molecule has 2 rings (SSSR count). The van der Waals surface area contributed by atoms with Gasteiger partial charge in [-0.25, -0.2) is 0 Å². The second-order valence-corrected chi connectivity index (χ2v) is 5.11. The normalized spacial score (nSPS) is 14.7. The molecule has 0 amide bonds. The van der Waals surface area contributed by atoms with E-state index in [1.165, 1.54) is 12.1 Å². The minimum absolute atomic E-state index is 0.0255. The quantitative estimate of drug-likeness (QED) is 0.825. The molecule has 2 aromatic carbocycles. The van der Waals surface area contributed by atoms with Crippen LogP contribution in [0.4, 0.5) is 13.2 Å². The maximum absolute atomic E-state index is 13.0. The van der Waals surface area contributed by atoms with E-state index in [-0.39, 0.29) is 11.6 Å². The first-order valence-corrected chi connectivity index (χ1v) is 6.86. The van der Waals surface area contributed by atoms with Crippen molar-refractivity contribution in [3.05, 3.63) is 71.3 Å². The smallest absolute Gasteiger partial charge is 0.304 e. The zero-order valence-corrected chi connectivity index (χ0v) is 12.0. The predicted molar refractivity (Wildman–Crippen MR) is 77.9 cm³/mol. The third kappa shape index (κ3) is 3.85. The molecule has 2 aromatic rings. The lowest BCUT2D eigenvalue weighted by Crippen LogP contribution is -2.24. The van der Waals surface area contributed by atoms with Crippen LogP contribution < -0.4 is 5.32 Å². The Labute approximate surface area is 122 Å². The highest BCUT2D eigenvalue weighted by atomic mass is 19.4. The van der Waals surface area contributed by atoms with Crippen LogP contribution in [0.3, 0.4) is 0 Å². The van der Waals surface area contributed by atoms with Crippen LogP contribution in [-0.4, -0.2) is 0 Å². The van der Waals surface area contributed by atoms with Gasteiger partial charge >= 0.3 is 6.18 Å². The lowest BCUT2D eigenvalue weighted by molar-refractivity contribution is -0.138. The van der Waals surface area contributed by atoms with Crippen molar-refractivity contribution in [1.29, 1.82) is 0 Å². The summed E-state index contributed by atoms with van der Waals surface area (Å²) < 4.78 is 39.1. The zero-order chi connectivity index (χ0) is 15.5. The van der Waals surface area contributed by atoms with Crippen molar-refractivity contribution in [2.45, 2.75) is 32.1 Å². The van der Waals surface area contributed by atoms with E-state index in [0.29, 0.717) is 0 Å². The Morgan fingerprint density at radius 1 is 0.810 bits per heavy atom. The average molecular weight is 293 g/mol. The monoisotopic (exact) mass is 293 g/mol. The Balaban J connectivity index is 2.20. The molecular formula is C17H18F3N. The number of halogens is 3. The van der Waals surface area contributed by atoms with Gasteiger partial charge in [0.2, 0.25) is 0 Å². The molecule has 4 heteroatoms. The molecule has 0 aliphatic carbocycles. The molecule has 112 valence electrons. The van der Waals surface area contributed by atoms with Crippen molar-refractivity contribution in [2.24, 2.45) is 0 Å². The first-order chi connectivity index (χ1) is 9.89. The van der Waals surface area contributed by atoms with Crippen LogP contribution in [0.5, 0.6) is 0 Å². The first-order valence-electron chi connectivity index (χ1n) is 6.86. The number of rotatable bonds is 4. The molecule has 0 aromatic heterocycles. The SMILES string of the molecule is C[C@H](N[C@@H](C)c1ccccc1C(F)(F)F)c1ccccc1. The fraction of sp³-hybridized carbons (Fsp3) is 0.294. The maximum Gasteiger partial charge on any atom is 0.416 e. The second-order valence-electron chi connectivity index (χ2n) is 5.11. The van der Waals surface area contributed by atoms with E-state index in [0.717, 1.165) is 11.6 Å². The average Bonchev–Trinajstić information content (AvgIpc) is 2.47. The summed E-state index contributed by atoms with van der Waals surface area (Å²) >= 11 is 0. The van der Waals surface area contributed by atoms with Gasteiger partial charge in [-0.15, -0.1) is 0 Å². The highest BCUT2D eigenvalue weighted by Gasteiger charge is 2.34. The molecule has 21 heavy (non-hydrogen) atoms. The van der Waals surface area contributed by atoms with Gasteiger partial charge in [0.25, 0.3) is 0 Å². The Kier molecular flexibility index (Phi) is 4.68. The Morgan fingerprint density at radius 3 is 2.00 bits per heavy atom. The van der Waals surface area contributed by atoms with Crippen LogP contribution in [0.25, 0.3) is 0 Å². The van der Waals surface area contributed by atoms with Gasteiger partial charge in [0.15, 0.2) is 0 Å². The largest absolute Gasteiger partial charge is 0.416 e. The van der Waals surface area contributed by atoms with Gasteiger partial charge in [-0.3, -0.25) is 0 Å². The second kappa shape index (κ2) is 6.31. The highest BCUT2D eigenvalue weighted by Crippen LogP contribution is 2.35. The van der Waals surface area contributed by atoms with Crippen LogP contribution >= 0.6 is 0 Å². The third-order valence-electron chi connectivity index (χ3n) is 3.53. The van der Waals surface area contributed by atoms with Crippen LogP contribution in [0.2, 0.25) is 0 Å². The summed E-state index contributed by atoms with van der Waals surface area (Å²) in [5, 5.41) is 3.22. The molecule has 0 aliphatic heterocycles. The van der Waals surface area contributed by atoms with E-state index < -0.39 is 17.8 Å². The van der Waals surface area contributed by atoms with Crippen molar-refractivity contribution in [1.82, 2.24) is 5.32 Å². The number of nitrogens with one attached hydrogen (secondary N) is 1. The van der Waals surface area contributed by atoms with E-state index in [2.05, 4.69) is 5.32 Å². The molecule has 0 radical (unpaired) electrons. The highest BCUT2D eigenvalue weighted by molar-refractivity contribution is 5.32. The number of benzene rings is 2. The molecule has 0 spiro atoms. The minimum atomic E-state index is -4.33. The standard InChI is InChI=1S/C17H18F3N/c1-12(14-8-4-3-5-9-14)21-13(2)15-10-6-7-11-16(15)17(18,19)20/h3-13,21H,1-2H3/t12-,13-/m0/s1. The van der Waals surface area contributed by atoms with Gasteiger partial charge in [0, 0.05) is 12.1 Å². The molecule has 1 N–H and O–H groups in total. The fourth-order valence-corrected chi connectivity index (χ4v) is 2.44. The number of hydrogen-bond acceptors (Lipinski definition) is 1. The van der Waals surface area contributed by atoms with Crippen LogP contribution in [0.1, 0.15) is 42.6 Å². The molecule has 0 heterocycles. The minimum Gasteiger partial charge on any atom is -0.304 e. The van der Waals surface area contributed by atoms with Crippen molar-refractivity contribution in [3.8, 4) is 0 Å². The van der Waals surface area contributed by atoms with E-state index in [1.54, 1.807) is 13.0 Å². The number of hydrogen-bond donors (Lipinski definition) is 1. The molecule has 0 bridgehead atoms. The summed E-state index contributed by atoms with van der Waals surface area (Å²) in [5.74, 6) is 0. The molecule has 0 aliphatic rings. The van der Waals surface area contributed by atoms with E-state index in [9.17, 15) is 13.2 Å². The summed E-state index contributed by atoms with van der Waals surface area (Å²) in [6.07, 6.45) is -4.33. The van der Waals surface area contributed by atoms with Crippen LogP contribution in [0.15, 0.2) is 54.6 Å². The van der Waals surface area contributed by atoms with E-state index >= 15 is 0 Å². The Morgan fingerprint density at radius 2 is 1.38 bits per heavy atom. The summed E-state index contributed by atoms with van der Waals surface area (Å²) in [6, 6.07) is 15.0. The van der Waals surface area contributed by atoms with Gasteiger partial charge in [-0.2, -0.15) is 13.2 Å². The van der Waals surface area contributed by atoms with Crippen molar-refractivity contribution >= 4 is 0 Å². The topological polar surface area (TPSA) is 12.0 Å². The van der Waals surface area contributed by atoms with Crippen LogP contribution in [-0.2, 0) is 6.18 Å². The Hall–Kier alpha value is -1.81. The van der Waals surface area contributed by atoms with Gasteiger partial charge in [0.05, 0.1) is 5.56 Å². The molecule has 0 saturated heterocycles. The molecule has 0 unspecified atom stereocenters. The maximum atomic E-state index is 13.0.